The minimum absolute atomic E-state index is 0.0370. The van der Waals surface area contributed by atoms with Gasteiger partial charge in [0.1, 0.15) is 0 Å². The maximum atomic E-state index is 2.82. The van der Waals surface area contributed by atoms with Crippen molar-refractivity contribution in [3.8, 4) is 22.3 Å². The van der Waals surface area contributed by atoms with Crippen LogP contribution in [0, 0.1) is 0 Å². The first-order valence-electron chi connectivity index (χ1n) is 28.3. The van der Waals surface area contributed by atoms with Gasteiger partial charge in [-0.3, -0.25) is 0 Å². The smallest absolute Gasteiger partial charge is 0.252 e. The molecule has 13 rings (SSSR count). The summed E-state index contributed by atoms with van der Waals surface area (Å²) in [6.45, 7) is 23.6. The van der Waals surface area contributed by atoms with Crippen molar-refractivity contribution in [1.82, 2.24) is 0 Å². The van der Waals surface area contributed by atoms with Crippen LogP contribution in [0.5, 0.6) is 0 Å². The van der Waals surface area contributed by atoms with E-state index in [-0.39, 0.29) is 33.9 Å². The Morgan fingerprint density at radius 1 is 0.377 bits per heavy atom. The number of fused-ring (bicyclic) bond motifs is 7. The number of anilines is 8. The summed E-state index contributed by atoms with van der Waals surface area (Å²) in [7, 11) is 0. The Labute approximate surface area is 459 Å². The summed E-state index contributed by atoms with van der Waals surface area (Å²) in [5.41, 5.74) is 24.9. The summed E-state index contributed by atoms with van der Waals surface area (Å²) in [4.78, 5) is 8.11. The lowest BCUT2D eigenvalue weighted by molar-refractivity contribution is 0.215. The van der Waals surface area contributed by atoms with Gasteiger partial charge in [-0.1, -0.05) is 227 Å². The van der Waals surface area contributed by atoms with Crippen LogP contribution in [-0.2, 0) is 21.7 Å². The highest BCUT2D eigenvalue weighted by Crippen LogP contribution is 2.64. The number of benzene rings is 9. The van der Waals surface area contributed by atoms with E-state index in [1.165, 1.54) is 119 Å². The van der Waals surface area contributed by atoms with Gasteiger partial charge in [0.05, 0.1) is 5.54 Å². The fourth-order valence-corrected chi connectivity index (χ4v) is 14.2. The predicted octanol–water partition coefficient (Wildman–Crippen LogP) is 17.8. The third-order valence-electron chi connectivity index (χ3n) is 18.2. The van der Waals surface area contributed by atoms with E-state index in [0.29, 0.717) is 0 Å². The second-order valence-electron chi connectivity index (χ2n) is 25.9. The minimum atomic E-state index is -0.285. The number of nitrogens with zero attached hydrogens (tertiary/aromatic N) is 3. The molecule has 382 valence electrons. The molecular weight excluding hydrogens is 930 g/mol. The van der Waals surface area contributed by atoms with Gasteiger partial charge < -0.3 is 14.7 Å². The molecule has 3 nitrogen and oxygen atoms in total. The molecule has 4 heteroatoms. The first kappa shape index (κ1) is 49.0. The van der Waals surface area contributed by atoms with Crippen LogP contribution < -0.4 is 31.1 Å². The monoisotopic (exact) mass is 1000 g/mol. The molecule has 0 N–H and O–H groups in total. The lowest BCUT2D eigenvalue weighted by Crippen LogP contribution is -2.61. The lowest BCUT2D eigenvalue weighted by atomic mass is 9.33. The molecule has 1 saturated carbocycles. The fraction of sp³-hybridized carbons (Fsp3) is 0.260. The van der Waals surface area contributed by atoms with Crippen LogP contribution in [0.1, 0.15) is 123 Å². The standard InChI is InChI=1S/C73H72BN3/c1-69(2,3)53-34-36-54(37-35-53)73-42-20-19-41-72(73,10)77(63-32-18-17-31-60(63)73)59-47-66-68-67(48-59)76(58-30-22-28-55(45-58)70(4,5)6)65-46-56(71(7,8)9)38-40-62(65)74(68)61-39-33-52(50-25-15-12-16-26-50)44-64(61)75(66)57-29-21-27-51(43-57)49-23-13-11-14-24-49/h11-18,21-40,43-48H,19-20,41-42H2,1-10H3. The molecule has 0 bridgehead atoms. The van der Waals surface area contributed by atoms with E-state index in [1.807, 2.05) is 0 Å². The maximum absolute atomic E-state index is 2.82. The van der Waals surface area contributed by atoms with E-state index in [0.717, 1.165) is 18.5 Å². The van der Waals surface area contributed by atoms with Crippen LogP contribution in [0.25, 0.3) is 22.3 Å². The molecule has 0 saturated heterocycles. The molecule has 2 unspecified atom stereocenters. The molecule has 1 fully saturated rings. The van der Waals surface area contributed by atoms with Gasteiger partial charge >= 0.3 is 0 Å². The second kappa shape index (κ2) is 17.7. The zero-order valence-electron chi connectivity index (χ0n) is 46.9. The van der Waals surface area contributed by atoms with Crippen molar-refractivity contribution < 1.29 is 0 Å². The van der Waals surface area contributed by atoms with Gasteiger partial charge in [-0.25, -0.2) is 0 Å². The van der Waals surface area contributed by atoms with Crippen LogP contribution in [-0.4, -0.2) is 12.3 Å². The second-order valence-corrected chi connectivity index (χ2v) is 25.9. The summed E-state index contributed by atoms with van der Waals surface area (Å²) in [6, 6.07) is 79.7. The first-order chi connectivity index (χ1) is 36.9. The summed E-state index contributed by atoms with van der Waals surface area (Å²) in [6.07, 6.45) is 4.52. The molecule has 0 amide bonds. The molecule has 9 aromatic rings. The van der Waals surface area contributed by atoms with Crippen molar-refractivity contribution in [2.45, 2.75) is 122 Å². The lowest BCUT2D eigenvalue weighted by Gasteiger charge is -2.53. The van der Waals surface area contributed by atoms with Gasteiger partial charge in [-0.15, -0.1) is 0 Å². The molecule has 1 aliphatic carbocycles. The molecule has 3 aliphatic heterocycles. The van der Waals surface area contributed by atoms with Gasteiger partial charge in [0.15, 0.2) is 0 Å². The highest BCUT2D eigenvalue weighted by Gasteiger charge is 2.61. The molecule has 3 heterocycles. The maximum Gasteiger partial charge on any atom is 0.252 e. The van der Waals surface area contributed by atoms with Crippen molar-refractivity contribution in [3.05, 3.63) is 234 Å². The van der Waals surface area contributed by atoms with Crippen molar-refractivity contribution in [1.29, 1.82) is 0 Å². The topological polar surface area (TPSA) is 9.72 Å². The van der Waals surface area contributed by atoms with Gasteiger partial charge in [0, 0.05) is 50.9 Å². The molecule has 9 aromatic carbocycles. The van der Waals surface area contributed by atoms with Gasteiger partial charge in [0.2, 0.25) is 0 Å². The minimum Gasteiger partial charge on any atom is -0.334 e. The normalized spacial score (nSPS) is 18.6. The summed E-state index contributed by atoms with van der Waals surface area (Å²) < 4.78 is 0. The Kier molecular flexibility index (Phi) is 11.3. The Hall–Kier alpha value is -7.56. The summed E-state index contributed by atoms with van der Waals surface area (Å²) in [5.74, 6) is 0. The van der Waals surface area contributed by atoms with Gasteiger partial charge in [-0.05, 0) is 157 Å². The van der Waals surface area contributed by atoms with Crippen LogP contribution in [0.2, 0.25) is 0 Å². The van der Waals surface area contributed by atoms with E-state index in [4.69, 9.17) is 0 Å². The average molecular weight is 1000 g/mol. The van der Waals surface area contributed by atoms with Crippen LogP contribution in [0.3, 0.4) is 0 Å². The Morgan fingerprint density at radius 2 is 0.883 bits per heavy atom. The third-order valence-corrected chi connectivity index (χ3v) is 18.2. The molecule has 2 atom stereocenters. The molecular formula is C73H72BN3. The molecule has 0 radical (unpaired) electrons. The summed E-state index contributed by atoms with van der Waals surface area (Å²) >= 11 is 0. The molecule has 0 spiro atoms. The highest BCUT2D eigenvalue weighted by molar-refractivity contribution is 7.00. The van der Waals surface area contributed by atoms with Crippen molar-refractivity contribution in [2.24, 2.45) is 0 Å². The molecule has 77 heavy (non-hydrogen) atoms. The Bertz CT molecular complexity index is 3740. The van der Waals surface area contributed by atoms with E-state index >= 15 is 0 Å². The van der Waals surface area contributed by atoms with E-state index in [2.05, 4.69) is 290 Å². The van der Waals surface area contributed by atoms with Gasteiger partial charge in [-0.2, -0.15) is 0 Å². The average Bonchev–Trinajstić information content (AvgIpc) is 3.99. The quantitative estimate of drug-likeness (QED) is 0.154. The SMILES string of the molecule is CC(C)(C)c1ccc(C23CCCCC2(C)N(c2cc4c5c(c2)N(c2cccc(C(C)(C)C)c2)c2cc(C(C)(C)C)ccc2B5c2ccc(-c5ccccc5)cc2N4c2cccc(-c4ccccc4)c2)c2ccccc23)cc1. The van der Waals surface area contributed by atoms with Crippen LogP contribution >= 0.6 is 0 Å². The fourth-order valence-electron chi connectivity index (χ4n) is 14.2. The number of hydrogen-bond acceptors (Lipinski definition) is 3. The Balaban J connectivity index is 1.15. The summed E-state index contributed by atoms with van der Waals surface area (Å²) in [5, 5.41) is 0. The largest absolute Gasteiger partial charge is 0.334 e. The van der Waals surface area contributed by atoms with Crippen molar-refractivity contribution in [2.75, 3.05) is 14.7 Å². The molecule has 0 aromatic heterocycles. The number of para-hydroxylation sites is 1. The van der Waals surface area contributed by atoms with Gasteiger partial charge in [0.25, 0.3) is 6.71 Å². The highest BCUT2D eigenvalue weighted by atomic mass is 15.3. The predicted molar refractivity (Wildman–Crippen MR) is 330 cm³/mol. The van der Waals surface area contributed by atoms with E-state index in [1.54, 1.807) is 0 Å². The zero-order valence-corrected chi connectivity index (χ0v) is 46.9. The zero-order chi connectivity index (χ0) is 53.2. The van der Waals surface area contributed by atoms with Crippen LogP contribution in [0.15, 0.2) is 206 Å². The number of rotatable bonds is 6. The number of hydrogen-bond donors (Lipinski definition) is 0. The van der Waals surface area contributed by atoms with Crippen molar-refractivity contribution >= 4 is 68.6 Å². The van der Waals surface area contributed by atoms with E-state index < -0.39 is 0 Å². The van der Waals surface area contributed by atoms with Crippen LogP contribution in [0.4, 0.5) is 45.5 Å². The first-order valence-corrected chi connectivity index (χ1v) is 28.3. The molecule has 4 aliphatic rings. The van der Waals surface area contributed by atoms with E-state index in [9.17, 15) is 0 Å². The third kappa shape index (κ3) is 7.75. The Morgan fingerprint density at radius 3 is 1.52 bits per heavy atom. The van der Waals surface area contributed by atoms with Crippen molar-refractivity contribution in [3.63, 3.8) is 0 Å².